The van der Waals surface area contributed by atoms with Crippen LogP contribution in [0.15, 0.2) is 23.1 Å². The molecule has 1 saturated heterocycles. The zero-order valence-electron chi connectivity index (χ0n) is 13.8. The number of nitrogens with zero attached hydrogens (tertiary/aromatic N) is 1. The van der Waals surface area contributed by atoms with Crippen molar-refractivity contribution in [2.75, 3.05) is 19.7 Å². The van der Waals surface area contributed by atoms with E-state index in [9.17, 15) is 9.59 Å². The predicted octanol–water partition coefficient (Wildman–Crippen LogP) is 3.22. The van der Waals surface area contributed by atoms with Crippen molar-refractivity contribution in [1.29, 1.82) is 0 Å². The summed E-state index contributed by atoms with van der Waals surface area (Å²) in [4.78, 5) is 26.5. The van der Waals surface area contributed by atoms with E-state index in [4.69, 9.17) is 4.74 Å². The fourth-order valence-corrected chi connectivity index (χ4v) is 4.16. The lowest BCUT2D eigenvalue weighted by molar-refractivity contribution is -0.135. The van der Waals surface area contributed by atoms with Gasteiger partial charge in [0.2, 0.25) is 5.91 Å². The summed E-state index contributed by atoms with van der Waals surface area (Å²) < 4.78 is 6.00. The van der Waals surface area contributed by atoms with Gasteiger partial charge in [0.25, 0.3) is 0 Å². The molecule has 4 nitrogen and oxygen atoms in total. The Morgan fingerprint density at radius 3 is 2.70 bits per heavy atom. The summed E-state index contributed by atoms with van der Waals surface area (Å²) in [6.07, 6.45) is 5.40. The van der Waals surface area contributed by atoms with Crippen molar-refractivity contribution >= 4 is 23.0 Å². The fraction of sp³-hybridized carbons (Fsp3) is 0.556. The number of carbonyl (C=O) groups is 2. The molecule has 0 radical (unpaired) electrons. The monoisotopic (exact) mass is 333 g/mol. The molecule has 0 aromatic carbocycles. The number of ether oxygens (including phenoxy) is 1. The van der Waals surface area contributed by atoms with Crippen molar-refractivity contribution in [3.05, 3.63) is 33.5 Å². The van der Waals surface area contributed by atoms with E-state index < -0.39 is 0 Å². The first-order valence-corrected chi connectivity index (χ1v) is 9.04. The number of ketones is 1. The van der Waals surface area contributed by atoms with Crippen molar-refractivity contribution in [3.63, 3.8) is 0 Å². The minimum atomic E-state index is -0.150. The van der Waals surface area contributed by atoms with Crippen LogP contribution in [0.5, 0.6) is 0 Å². The number of piperidine rings is 1. The van der Waals surface area contributed by atoms with Crippen LogP contribution < -0.4 is 0 Å². The summed E-state index contributed by atoms with van der Waals surface area (Å²) in [7, 11) is 0. The van der Waals surface area contributed by atoms with Crippen molar-refractivity contribution in [3.8, 4) is 0 Å². The third kappa shape index (κ3) is 3.72. The van der Waals surface area contributed by atoms with Gasteiger partial charge in [-0.05, 0) is 50.1 Å². The van der Waals surface area contributed by atoms with Crippen LogP contribution in [0.1, 0.15) is 48.3 Å². The Morgan fingerprint density at radius 1 is 1.35 bits per heavy atom. The maximum absolute atomic E-state index is 12.5. The molecule has 1 aromatic rings. The molecule has 0 saturated carbocycles. The number of likely N-dealkylation sites (tertiary alicyclic amines) is 1. The van der Waals surface area contributed by atoms with Gasteiger partial charge in [-0.3, -0.25) is 9.59 Å². The molecule has 5 heteroatoms. The first kappa shape index (κ1) is 16.4. The molecule has 124 valence electrons. The summed E-state index contributed by atoms with van der Waals surface area (Å²) in [5, 5.41) is 1.91. The zero-order valence-corrected chi connectivity index (χ0v) is 14.6. The molecule has 1 fully saturated rings. The Kier molecular flexibility index (Phi) is 4.69. The normalized spacial score (nSPS) is 20.4. The number of amides is 1. The van der Waals surface area contributed by atoms with Gasteiger partial charge in [0.05, 0.1) is 23.5 Å². The topological polar surface area (TPSA) is 46.6 Å². The number of carbonyl (C=O) groups excluding carboxylic acids is 2. The number of thiophene rings is 1. The quantitative estimate of drug-likeness (QED) is 0.630. The van der Waals surface area contributed by atoms with Crippen LogP contribution in [0.4, 0.5) is 0 Å². The van der Waals surface area contributed by atoms with E-state index in [-0.39, 0.29) is 17.3 Å². The molecule has 1 amide bonds. The predicted molar refractivity (Wildman–Crippen MR) is 90.9 cm³/mol. The van der Waals surface area contributed by atoms with Crippen molar-refractivity contribution in [2.45, 2.75) is 45.1 Å². The van der Waals surface area contributed by atoms with Crippen LogP contribution in [0, 0.1) is 0 Å². The Balaban J connectivity index is 1.57. The van der Waals surface area contributed by atoms with E-state index in [0.29, 0.717) is 6.42 Å². The molecule has 0 aliphatic carbocycles. The SMILES string of the molecule is CC(=O)c1cc(CC(=O)N2CCC3(C=C(C)CCO3)CC2)cs1. The first-order valence-electron chi connectivity index (χ1n) is 8.16. The third-order valence-corrected chi connectivity index (χ3v) is 5.79. The summed E-state index contributed by atoms with van der Waals surface area (Å²) in [6.45, 7) is 5.99. The Hall–Kier alpha value is -1.46. The Bertz CT molecular complexity index is 638. The minimum Gasteiger partial charge on any atom is -0.370 e. The van der Waals surface area contributed by atoms with Gasteiger partial charge in [0, 0.05) is 13.1 Å². The molecule has 2 aliphatic rings. The zero-order chi connectivity index (χ0) is 16.4. The van der Waals surface area contributed by atoms with Gasteiger partial charge in [-0.25, -0.2) is 0 Å². The van der Waals surface area contributed by atoms with E-state index >= 15 is 0 Å². The average molecular weight is 333 g/mol. The Morgan fingerprint density at radius 2 is 2.09 bits per heavy atom. The van der Waals surface area contributed by atoms with Crippen LogP contribution in [0.3, 0.4) is 0 Å². The van der Waals surface area contributed by atoms with Gasteiger partial charge in [0.15, 0.2) is 5.78 Å². The number of Topliss-reactive ketones (excluding diaryl/α,β-unsaturated/α-hetero) is 1. The van der Waals surface area contributed by atoms with Crippen LogP contribution in [-0.4, -0.2) is 41.9 Å². The smallest absolute Gasteiger partial charge is 0.227 e. The highest BCUT2D eigenvalue weighted by Gasteiger charge is 2.36. The van der Waals surface area contributed by atoms with E-state index in [1.54, 1.807) is 6.92 Å². The van der Waals surface area contributed by atoms with Gasteiger partial charge in [-0.15, -0.1) is 11.3 Å². The van der Waals surface area contributed by atoms with Crippen molar-refractivity contribution < 1.29 is 14.3 Å². The number of hydrogen-bond acceptors (Lipinski definition) is 4. The van der Waals surface area contributed by atoms with Crippen LogP contribution in [0.25, 0.3) is 0 Å². The number of hydrogen-bond donors (Lipinski definition) is 0. The van der Waals surface area contributed by atoms with Gasteiger partial charge in [-0.2, -0.15) is 0 Å². The maximum atomic E-state index is 12.5. The molecule has 0 atom stereocenters. The van der Waals surface area contributed by atoms with E-state index in [1.165, 1.54) is 16.9 Å². The standard InChI is InChI=1S/C18H23NO3S/c1-13-3-8-22-18(11-13)4-6-19(7-5-18)17(21)10-15-9-16(14(2)20)23-12-15/h9,11-12H,3-8,10H2,1-2H3. The molecular weight excluding hydrogens is 310 g/mol. The molecule has 2 aliphatic heterocycles. The van der Waals surface area contributed by atoms with E-state index in [0.717, 1.165) is 49.4 Å². The molecule has 23 heavy (non-hydrogen) atoms. The molecule has 0 N–H and O–H groups in total. The first-order chi connectivity index (χ1) is 11.0. The molecule has 1 aromatic heterocycles. The van der Waals surface area contributed by atoms with Crippen LogP contribution in [-0.2, 0) is 16.0 Å². The third-order valence-electron chi connectivity index (χ3n) is 4.71. The molecule has 0 unspecified atom stereocenters. The molecule has 0 bridgehead atoms. The second-order valence-electron chi connectivity index (χ2n) is 6.59. The lowest BCUT2D eigenvalue weighted by Crippen LogP contribution is -2.48. The highest BCUT2D eigenvalue weighted by Crippen LogP contribution is 2.33. The summed E-state index contributed by atoms with van der Waals surface area (Å²) >= 11 is 1.42. The average Bonchev–Trinajstić information content (AvgIpc) is 2.96. The fourth-order valence-electron chi connectivity index (χ4n) is 3.34. The van der Waals surface area contributed by atoms with Crippen LogP contribution in [0.2, 0.25) is 0 Å². The molecule has 3 rings (SSSR count). The second kappa shape index (κ2) is 6.57. The molecular formula is C18H23NO3S. The Labute approximate surface area is 141 Å². The minimum absolute atomic E-state index is 0.0604. The highest BCUT2D eigenvalue weighted by atomic mass is 32.1. The molecule has 3 heterocycles. The lowest BCUT2D eigenvalue weighted by atomic mass is 9.87. The van der Waals surface area contributed by atoms with Crippen LogP contribution >= 0.6 is 11.3 Å². The van der Waals surface area contributed by atoms with Gasteiger partial charge in [-0.1, -0.05) is 11.6 Å². The summed E-state index contributed by atoms with van der Waals surface area (Å²) in [5.41, 5.74) is 2.18. The lowest BCUT2D eigenvalue weighted by Gasteiger charge is -2.42. The van der Waals surface area contributed by atoms with Gasteiger partial charge in [0.1, 0.15) is 0 Å². The highest BCUT2D eigenvalue weighted by molar-refractivity contribution is 7.12. The van der Waals surface area contributed by atoms with Crippen molar-refractivity contribution in [1.82, 2.24) is 4.90 Å². The summed E-state index contributed by atoms with van der Waals surface area (Å²) in [5.74, 6) is 0.203. The second-order valence-corrected chi connectivity index (χ2v) is 7.50. The summed E-state index contributed by atoms with van der Waals surface area (Å²) in [6, 6.07) is 1.84. The van der Waals surface area contributed by atoms with Gasteiger partial charge >= 0.3 is 0 Å². The number of rotatable bonds is 3. The van der Waals surface area contributed by atoms with E-state index in [2.05, 4.69) is 13.0 Å². The maximum Gasteiger partial charge on any atom is 0.227 e. The largest absolute Gasteiger partial charge is 0.370 e. The van der Waals surface area contributed by atoms with Crippen molar-refractivity contribution in [2.24, 2.45) is 0 Å². The van der Waals surface area contributed by atoms with Gasteiger partial charge < -0.3 is 9.64 Å². The van der Waals surface area contributed by atoms with E-state index in [1.807, 2.05) is 16.3 Å². The molecule has 1 spiro atoms.